The Morgan fingerprint density at radius 1 is 0.881 bits per heavy atom. The predicted octanol–water partition coefficient (Wildman–Crippen LogP) is 7.67. The molecule has 3 N–H and O–H groups in total. The molecular formula is C28H22F4N2O5S3. The molecule has 0 spiro atoms. The van der Waals surface area contributed by atoms with Crippen molar-refractivity contribution in [2.45, 2.75) is 21.7 Å². The molecule has 0 heterocycles. The first kappa shape index (κ1) is 31.2. The molecule has 4 aromatic carbocycles. The minimum atomic E-state index is -4.95. The van der Waals surface area contributed by atoms with E-state index in [0.29, 0.717) is 16.5 Å². The quantitative estimate of drug-likeness (QED) is 0.0708. The summed E-state index contributed by atoms with van der Waals surface area (Å²) in [5.41, 5.74) is -3.56. The minimum absolute atomic E-state index is 0.113. The van der Waals surface area contributed by atoms with E-state index in [1.54, 1.807) is 36.4 Å². The van der Waals surface area contributed by atoms with Gasteiger partial charge in [-0.1, -0.05) is 12.1 Å². The lowest BCUT2D eigenvalue weighted by molar-refractivity contribution is -0.0328. The van der Waals surface area contributed by atoms with Gasteiger partial charge in [0.05, 0.1) is 5.69 Å². The van der Waals surface area contributed by atoms with E-state index in [1.165, 1.54) is 30.0 Å². The normalized spacial score (nSPS) is 11.7. The van der Waals surface area contributed by atoms with Crippen molar-refractivity contribution in [3.8, 4) is 5.75 Å². The Hall–Kier alpha value is -3.72. The lowest BCUT2D eigenvalue weighted by atomic mass is 10.2. The number of hydrogen-bond donors (Lipinski definition) is 3. The summed E-state index contributed by atoms with van der Waals surface area (Å²) in [6, 6.07) is 20.6. The van der Waals surface area contributed by atoms with E-state index in [4.69, 9.17) is 0 Å². The molecule has 0 atom stereocenters. The molecule has 0 saturated heterocycles. The predicted molar refractivity (Wildman–Crippen MR) is 155 cm³/mol. The number of phenols is 1. The van der Waals surface area contributed by atoms with Crippen LogP contribution in [0.3, 0.4) is 0 Å². The number of rotatable bonds is 10. The summed E-state index contributed by atoms with van der Waals surface area (Å²) in [4.78, 5) is 13.8. The third kappa shape index (κ3) is 8.64. The van der Waals surface area contributed by atoms with Gasteiger partial charge in [0.25, 0.3) is 5.91 Å². The number of nitrogens with zero attached hydrogens (tertiary/aromatic N) is 1. The van der Waals surface area contributed by atoms with Gasteiger partial charge in [0.15, 0.2) is 0 Å². The fourth-order valence-corrected chi connectivity index (χ4v) is 6.01. The van der Waals surface area contributed by atoms with E-state index in [0.717, 1.165) is 46.9 Å². The molecule has 4 rings (SSSR count). The molecule has 4 aromatic rings. The summed E-state index contributed by atoms with van der Waals surface area (Å²) >= 11 is 1.35. The Morgan fingerprint density at radius 3 is 2.10 bits per heavy atom. The van der Waals surface area contributed by atoms with Gasteiger partial charge >= 0.3 is 15.8 Å². The topological polar surface area (TPSA) is 107 Å². The highest BCUT2D eigenvalue weighted by atomic mass is 32.2. The maximum Gasteiger partial charge on any atom is 0.446 e. The van der Waals surface area contributed by atoms with E-state index in [9.17, 15) is 40.4 Å². The van der Waals surface area contributed by atoms with E-state index in [2.05, 4.69) is 5.32 Å². The van der Waals surface area contributed by atoms with Crippen molar-refractivity contribution >= 4 is 56.8 Å². The van der Waals surface area contributed by atoms with Crippen molar-refractivity contribution in [2.75, 3.05) is 15.4 Å². The number of anilines is 3. The molecule has 0 fully saturated rings. The molecule has 220 valence electrons. The van der Waals surface area contributed by atoms with E-state index < -0.39 is 33.3 Å². The Bertz CT molecular complexity index is 1650. The average Bonchev–Trinajstić information content (AvgIpc) is 2.91. The van der Waals surface area contributed by atoms with Crippen molar-refractivity contribution < 1.29 is 40.4 Å². The fourth-order valence-electron chi connectivity index (χ4n) is 3.79. The van der Waals surface area contributed by atoms with Crippen molar-refractivity contribution in [3.05, 3.63) is 108 Å². The molecule has 0 aliphatic heterocycles. The first-order valence-corrected chi connectivity index (χ1v) is 15.2. The van der Waals surface area contributed by atoms with Crippen LogP contribution in [0, 0.1) is 5.82 Å². The zero-order chi connectivity index (χ0) is 30.5. The molecule has 0 bridgehead atoms. The number of thioether (sulfide) groups is 2. The molecule has 0 aliphatic carbocycles. The molecule has 0 aliphatic rings. The van der Waals surface area contributed by atoms with Crippen molar-refractivity contribution in [1.29, 1.82) is 0 Å². The third-order valence-corrected chi connectivity index (χ3v) is 8.30. The van der Waals surface area contributed by atoms with Crippen molar-refractivity contribution in [3.63, 3.8) is 0 Å². The van der Waals surface area contributed by atoms with Crippen LogP contribution in [-0.4, -0.2) is 35.2 Å². The number of amides is 1. The van der Waals surface area contributed by atoms with Gasteiger partial charge in [-0.2, -0.15) is 21.6 Å². The Labute approximate surface area is 247 Å². The second-order valence-corrected chi connectivity index (χ2v) is 12.3. The molecule has 14 heteroatoms. The van der Waals surface area contributed by atoms with Gasteiger partial charge in [-0.15, -0.1) is 11.8 Å². The second-order valence-electron chi connectivity index (χ2n) is 8.69. The molecule has 0 radical (unpaired) electrons. The highest BCUT2D eigenvalue weighted by Gasteiger charge is 2.29. The van der Waals surface area contributed by atoms with Crippen LogP contribution in [0.2, 0.25) is 0 Å². The standard InChI is InChI=1S/C28H22F4N2O5S3/c29-20-5-8-22(9-6-20)34(42(37,38)39)25-17-21(7-14-26(25)35)33-27(36)19-3-12-23(13-4-19)40-16-15-18-1-10-24(11-2-18)41-28(30,31)32/h1-14,17,35H,15-16H2,(H,33,36)(H,37,38,39). The number of nitrogens with one attached hydrogen (secondary N) is 1. The first-order chi connectivity index (χ1) is 19.8. The van der Waals surface area contributed by atoms with Gasteiger partial charge < -0.3 is 10.4 Å². The fraction of sp³-hybridized carbons (Fsp3) is 0.107. The van der Waals surface area contributed by atoms with Gasteiger partial charge in [0, 0.05) is 26.8 Å². The van der Waals surface area contributed by atoms with Gasteiger partial charge in [0.1, 0.15) is 17.3 Å². The molecule has 0 unspecified atom stereocenters. The SMILES string of the molecule is O=C(Nc1ccc(O)c(N(c2ccc(F)cc2)S(=O)(=O)O)c1)c1ccc(SCCc2ccc(SC(F)(F)F)cc2)cc1. The number of aryl methyl sites for hydroxylation is 1. The van der Waals surface area contributed by atoms with E-state index >= 15 is 0 Å². The summed E-state index contributed by atoms with van der Waals surface area (Å²) in [6.45, 7) is 0. The van der Waals surface area contributed by atoms with Gasteiger partial charge in [-0.25, -0.2) is 8.70 Å². The number of aromatic hydroxyl groups is 1. The number of phenolic OH excluding ortho intramolecular Hbond substituents is 1. The summed E-state index contributed by atoms with van der Waals surface area (Å²) in [7, 11) is -4.95. The summed E-state index contributed by atoms with van der Waals surface area (Å²) in [6.07, 6.45) is 0.631. The number of halogens is 4. The highest BCUT2D eigenvalue weighted by Crippen LogP contribution is 2.38. The van der Waals surface area contributed by atoms with Gasteiger partial charge in [-0.3, -0.25) is 9.35 Å². The zero-order valence-corrected chi connectivity index (χ0v) is 23.8. The zero-order valence-electron chi connectivity index (χ0n) is 21.4. The Morgan fingerprint density at radius 2 is 1.50 bits per heavy atom. The lowest BCUT2D eigenvalue weighted by Crippen LogP contribution is -2.25. The molecular weight excluding hydrogens is 617 g/mol. The maximum atomic E-state index is 13.3. The number of alkyl halides is 3. The monoisotopic (exact) mass is 638 g/mol. The Balaban J connectivity index is 1.39. The first-order valence-electron chi connectivity index (χ1n) is 12.0. The summed E-state index contributed by atoms with van der Waals surface area (Å²) in [5, 5.41) is 12.9. The van der Waals surface area contributed by atoms with E-state index in [-0.39, 0.29) is 39.3 Å². The second kappa shape index (κ2) is 13.1. The molecule has 0 saturated carbocycles. The number of benzene rings is 4. The maximum absolute atomic E-state index is 13.3. The summed E-state index contributed by atoms with van der Waals surface area (Å²) in [5.74, 6) is -1.03. The number of carbonyl (C=O) groups is 1. The van der Waals surface area contributed by atoms with Crippen LogP contribution in [-0.2, 0) is 16.7 Å². The lowest BCUT2D eigenvalue weighted by Gasteiger charge is -2.22. The van der Waals surface area contributed by atoms with Crippen LogP contribution in [0.5, 0.6) is 5.75 Å². The number of hydrogen-bond acceptors (Lipinski definition) is 6. The molecule has 0 aromatic heterocycles. The minimum Gasteiger partial charge on any atom is -0.506 e. The van der Waals surface area contributed by atoms with E-state index in [1.807, 2.05) is 0 Å². The van der Waals surface area contributed by atoms with Crippen LogP contribution >= 0.6 is 23.5 Å². The molecule has 1 amide bonds. The van der Waals surface area contributed by atoms with Crippen molar-refractivity contribution in [1.82, 2.24) is 0 Å². The smallest absolute Gasteiger partial charge is 0.446 e. The molecule has 7 nitrogen and oxygen atoms in total. The number of carbonyl (C=O) groups excluding carboxylic acids is 1. The highest BCUT2D eigenvalue weighted by molar-refractivity contribution is 8.00. The summed E-state index contributed by atoms with van der Waals surface area (Å²) < 4.78 is 85.2. The third-order valence-electron chi connectivity index (χ3n) is 5.68. The van der Waals surface area contributed by atoms with Crippen LogP contribution in [0.25, 0.3) is 0 Å². The van der Waals surface area contributed by atoms with Gasteiger partial charge in [-0.05, 0) is 103 Å². The van der Waals surface area contributed by atoms with Gasteiger partial charge in [0.2, 0.25) is 0 Å². The van der Waals surface area contributed by atoms with Crippen LogP contribution in [0.4, 0.5) is 34.6 Å². The Kier molecular flexibility index (Phi) is 9.71. The molecule has 42 heavy (non-hydrogen) atoms. The van der Waals surface area contributed by atoms with Crippen LogP contribution in [0.15, 0.2) is 101 Å². The van der Waals surface area contributed by atoms with Crippen molar-refractivity contribution in [2.24, 2.45) is 0 Å². The largest absolute Gasteiger partial charge is 0.506 e. The van der Waals surface area contributed by atoms with Crippen LogP contribution < -0.4 is 9.62 Å². The average molecular weight is 639 g/mol. The van der Waals surface area contributed by atoms with Crippen LogP contribution in [0.1, 0.15) is 15.9 Å².